The number of aromatic nitrogens is 5. The summed E-state index contributed by atoms with van der Waals surface area (Å²) < 4.78 is 5.21. The predicted octanol–water partition coefficient (Wildman–Crippen LogP) is 4.46. The number of hydrogen-bond donors (Lipinski definition) is 1. The summed E-state index contributed by atoms with van der Waals surface area (Å²) in [6.45, 7) is 1.81. The molecule has 1 N–H and O–H groups in total. The molecule has 8 nitrogen and oxygen atoms in total. The first-order valence-electron chi connectivity index (χ1n) is 11.4. The van der Waals surface area contributed by atoms with E-state index in [9.17, 15) is 9.59 Å². The number of nitrogens with one attached hydrogen (secondary N) is 1. The first-order valence-corrected chi connectivity index (χ1v) is 12.4. The Morgan fingerprint density at radius 2 is 1.44 bits per heavy atom. The van der Waals surface area contributed by atoms with Gasteiger partial charge in [-0.2, -0.15) is 0 Å². The van der Waals surface area contributed by atoms with E-state index < -0.39 is 0 Å². The largest absolute Gasteiger partial charge is 0.319 e. The monoisotopic (exact) mass is 496 g/mol. The normalized spacial score (nSPS) is 10.9. The quantitative estimate of drug-likeness (QED) is 0.336. The minimum absolute atomic E-state index is 0.0683. The number of anilines is 1. The number of carbonyl (C=O) groups excluding carboxylic acids is 1. The Bertz CT molecular complexity index is 1560. The average Bonchev–Trinajstić information content (AvgIpc) is 3.43. The van der Waals surface area contributed by atoms with Crippen molar-refractivity contribution < 1.29 is 4.79 Å². The standard InChI is InChI=1S/C27H24N6O2S/c1-19-24(26(35)33(31(19)2)22-16-10-5-11-17-22)28-23(34)18-36-27-30-29-25(20-12-6-3-7-13-20)32(27)21-14-8-4-9-15-21/h3-17H,18H2,1-2H3,(H,28,34). The van der Waals surface area contributed by atoms with Gasteiger partial charge in [-0.3, -0.25) is 18.8 Å². The number of rotatable bonds is 7. The van der Waals surface area contributed by atoms with E-state index in [0.29, 0.717) is 16.7 Å². The van der Waals surface area contributed by atoms with Gasteiger partial charge in [-0.05, 0) is 31.2 Å². The molecule has 0 spiro atoms. The highest BCUT2D eigenvalue weighted by Crippen LogP contribution is 2.28. The second kappa shape index (κ2) is 10.1. The van der Waals surface area contributed by atoms with E-state index in [1.807, 2.05) is 102 Å². The molecule has 1 amide bonds. The Balaban J connectivity index is 1.39. The van der Waals surface area contributed by atoms with Crippen molar-refractivity contribution in [3.8, 4) is 22.8 Å². The zero-order valence-corrected chi connectivity index (χ0v) is 20.6. The van der Waals surface area contributed by atoms with Gasteiger partial charge in [0, 0.05) is 18.3 Å². The second-order valence-corrected chi connectivity index (χ2v) is 9.06. The van der Waals surface area contributed by atoms with Crippen LogP contribution in [0.15, 0.2) is 101 Å². The van der Waals surface area contributed by atoms with Crippen LogP contribution in [0.2, 0.25) is 0 Å². The summed E-state index contributed by atoms with van der Waals surface area (Å²) in [4.78, 5) is 26.0. The number of thioether (sulfide) groups is 1. The van der Waals surface area contributed by atoms with Gasteiger partial charge in [0.2, 0.25) is 5.91 Å². The minimum atomic E-state index is -0.296. The first kappa shape index (κ1) is 23.4. The van der Waals surface area contributed by atoms with Crippen molar-refractivity contribution in [2.24, 2.45) is 7.05 Å². The van der Waals surface area contributed by atoms with Crippen LogP contribution in [0.4, 0.5) is 5.69 Å². The number of hydrogen-bond acceptors (Lipinski definition) is 5. The molecule has 0 saturated carbocycles. The fourth-order valence-electron chi connectivity index (χ4n) is 3.97. The second-order valence-electron chi connectivity index (χ2n) is 8.12. The predicted molar refractivity (Wildman–Crippen MR) is 142 cm³/mol. The lowest BCUT2D eigenvalue weighted by molar-refractivity contribution is -0.113. The summed E-state index contributed by atoms with van der Waals surface area (Å²) in [6.07, 6.45) is 0. The van der Waals surface area contributed by atoms with Crippen LogP contribution in [0, 0.1) is 6.92 Å². The van der Waals surface area contributed by atoms with Crippen molar-refractivity contribution in [1.29, 1.82) is 0 Å². The summed E-state index contributed by atoms with van der Waals surface area (Å²) >= 11 is 1.27. The minimum Gasteiger partial charge on any atom is -0.319 e. The van der Waals surface area contributed by atoms with E-state index in [0.717, 1.165) is 16.9 Å². The van der Waals surface area contributed by atoms with Crippen LogP contribution in [0.3, 0.4) is 0 Å². The summed E-state index contributed by atoms with van der Waals surface area (Å²) in [7, 11) is 1.79. The smallest absolute Gasteiger partial charge is 0.295 e. The highest BCUT2D eigenvalue weighted by Gasteiger charge is 2.20. The molecule has 5 aromatic rings. The Labute approximate surface area is 212 Å². The molecule has 0 unspecified atom stereocenters. The molecular weight excluding hydrogens is 472 g/mol. The lowest BCUT2D eigenvalue weighted by Crippen LogP contribution is -2.23. The molecule has 2 heterocycles. The Morgan fingerprint density at radius 1 is 0.861 bits per heavy atom. The zero-order chi connectivity index (χ0) is 25.1. The third-order valence-corrected chi connectivity index (χ3v) is 6.76. The molecule has 2 aromatic heterocycles. The van der Waals surface area contributed by atoms with Gasteiger partial charge in [-0.15, -0.1) is 10.2 Å². The molecule has 0 atom stereocenters. The molecule has 0 fully saturated rings. The number of carbonyl (C=O) groups is 1. The van der Waals surface area contributed by atoms with Gasteiger partial charge in [0.15, 0.2) is 11.0 Å². The van der Waals surface area contributed by atoms with Gasteiger partial charge < -0.3 is 5.32 Å². The molecule has 180 valence electrons. The van der Waals surface area contributed by atoms with Crippen molar-refractivity contribution in [3.05, 3.63) is 107 Å². The SMILES string of the molecule is Cc1c(NC(=O)CSc2nnc(-c3ccccc3)n2-c2ccccc2)c(=O)n(-c2ccccc2)n1C. The van der Waals surface area contributed by atoms with E-state index in [1.54, 1.807) is 11.7 Å². The van der Waals surface area contributed by atoms with Crippen LogP contribution < -0.4 is 10.9 Å². The van der Waals surface area contributed by atoms with Crippen LogP contribution in [-0.4, -0.2) is 35.8 Å². The first-order chi connectivity index (χ1) is 17.5. The number of nitrogens with zero attached hydrogens (tertiary/aromatic N) is 5. The van der Waals surface area contributed by atoms with Crippen LogP contribution in [-0.2, 0) is 11.8 Å². The summed E-state index contributed by atoms with van der Waals surface area (Å²) in [5.74, 6) is 0.461. The summed E-state index contributed by atoms with van der Waals surface area (Å²) in [5.41, 5.74) is 3.20. The molecule has 9 heteroatoms. The zero-order valence-electron chi connectivity index (χ0n) is 19.8. The van der Waals surface area contributed by atoms with Gasteiger partial charge in [0.05, 0.1) is 17.1 Å². The van der Waals surface area contributed by atoms with E-state index >= 15 is 0 Å². The van der Waals surface area contributed by atoms with Gasteiger partial charge in [0.1, 0.15) is 5.69 Å². The highest BCUT2D eigenvalue weighted by molar-refractivity contribution is 7.99. The maximum Gasteiger partial charge on any atom is 0.295 e. The van der Waals surface area contributed by atoms with Gasteiger partial charge in [0.25, 0.3) is 5.56 Å². The number of para-hydroxylation sites is 2. The number of amides is 1. The van der Waals surface area contributed by atoms with Crippen LogP contribution in [0.1, 0.15) is 5.69 Å². The lowest BCUT2D eigenvalue weighted by Gasteiger charge is -2.10. The van der Waals surface area contributed by atoms with Crippen molar-refractivity contribution in [2.45, 2.75) is 12.1 Å². The van der Waals surface area contributed by atoms with Crippen molar-refractivity contribution in [3.63, 3.8) is 0 Å². The van der Waals surface area contributed by atoms with Crippen LogP contribution in [0.25, 0.3) is 22.8 Å². The van der Waals surface area contributed by atoms with E-state index in [2.05, 4.69) is 15.5 Å². The van der Waals surface area contributed by atoms with E-state index in [4.69, 9.17) is 0 Å². The van der Waals surface area contributed by atoms with E-state index in [-0.39, 0.29) is 22.9 Å². The molecule has 0 bridgehead atoms. The summed E-state index contributed by atoms with van der Waals surface area (Å²) in [5, 5.41) is 12.2. The average molecular weight is 497 g/mol. The molecule has 36 heavy (non-hydrogen) atoms. The fraction of sp³-hybridized carbons (Fsp3) is 0.111. The van der Waals surface area contributed by atoms with Crippen LogP contribution >= 0.6 is 11.8 Å². The molecular formula is C27H24N6O2S. The third kappa shape index (κ3) is 4.48. The Morgan fingerprint density at radius 3 is 2.08 bits per heavy atom. The topological polar surface area (TPSA) is 86.7 Å². The molecule has 5 rings (SSSR count). The number of benzene rings is 3. The molecule has 0 aliphatic heterocycles. The molecule has 0 aliphatic rings. The van der Waals surface area contributed by atoms with Gasteiger partial charge in [-0.1, -0.05) is 78.5 Å². The van der Waals surface area contributed by atoms with Crippen molar-refractivity contribution >= 4 is 23.4 Å². The Hall–Kier alpha value is -4.37. The summed E-state index contributed by atoms with van der Waals surface area (Å²) in [6, 6.07) is 28.9. The van der Waals surface area contributed by atoms with E-state index in [1.165, 1.54) is 16.4 Å². The molecule has 3 aromatic carbocycles. The third-order valence-electron chi connectivity index (χ3n) is 5.83. The van der Waals surface area contributed by atoms with Crippen molar-refractivity contribution in [2.75, 3.05) is 11.1 Å². The molecule has 0 saturated heterocycles. The van der Waals surface area contributed by atoms with Gasteiger partial charge in [-0.25, -0.2) is 4.68 Å². The maximum absolute atomic E-state index is 13.1. The molecule has 0 radical (unpaired) electrons. The molecule has 0 aliphatic carbocycles. The fourth-order valence-corrected chi connectivity index (χ4v) is 4.72. The van der Waals surface area contributed by atoms with Crippen LogP contribution in [0.5, 0.6) is 0 Å². The van der Waals surface area contributed by atoms with Gasteiger partial charge >= 0.3 is 0 Å². The lowest BCUT2D eigenvalue weighted by atomic mass is 10.2. The maximum atomic E-state index is 13.1. The highest BCUT2D eigenvalue weighted by atomic mass is 32.2. The van der Waals surface area contributed by atoms with Crippen molar-refractivity contribution in [1.82, 2.24) is 24.1 Å². The Kier molecular flexibility index (Phi) is 6.55.